The molecule has 2 aromatic rings. The summed E-state index contributed by atoms with van der Waals surface area (Å²) in [7, 11) is 0. The third-order valence-electron chi connectivity index (χ3n) is 3.03. The molecule has 0 aliphatic carbocycles. The van der Waals surface area contributed by atoms with Gasteiger partial charge in [0, 0.05) is 11.1 Å². The predicted molar refractivity (Wildman–Crippen MR) is 62.1 cm³/mol. The van der Waals surface area contributed by atoms with Gasteiger partial charge in [-0.3, -0.25) is 0 Å². The Kier molecular flexibility index (Phi) is 2.26. The zero-order chi connectivity index (χ0) is 11.0. The monoisotopic (exact) mass is 214 g/mol. The molecule has 3 rings (SSSR count). The van der Waals surface area contributed by atoms with Crippen molar-refractivity contribution in [2.45, 2.75) is 19.9 Å². The van der Waals surface area contributed by atoms with Crippen molar-refractivity contribution >= 4 is 0 Å². The van der Waals surface area contributed by atoms with Crippen LogP contribution < -0.4 is 5.32 Å². The molecule has 16 heavy (non-hydrogen) atoms. The number of rotatable bonds is 1. The average molecular weight is 214 g/mol. The first-order valence-corrected chi connectivity index (χ1v) is 5.60. The maximum Gasteiger partial charge on any atom is 0.154 e. The maximum atomic E-state index is 5.36. The molecule has 0 bridgehead atoms. The molecule has 1 aromatic heterocycles. The van der Waals surface area contributed by atoms with Crippen LogP contribution in [0.3, 0.4) is 0 Å². The lowest BCUT2D eigenvalue weighted by Gasteiger charge is -2.10. The number of fused-ring (bicyclic) bond motifs is 1. The number of hydrogen-bond acceptors (Lipinski definition) is 3. The van der Waals surface area contributed by atoms with Gasteiger partial charge in [0.25, 0.3) is 0 Å². The Hall–Kier alpha value is -1.61. The van der Waals surface area contributed by atoms with E-state index in [2.05, 4.69) is 41.7 Å². The van der Waals surface area contributed by atoms with Crippen molar-refractivity contribution in [2.75, 3.05) is 6.54 Å². The number of hydrogen-bond donors (Lipinski definition) is 1. The van der Waals surface area contributed by atoms with Gasteiger partial charge in [0.05, 0.1) is 6.54 Å². The first-order chi connectivity index (χ1) is 7.84. The standard InChI is InChI=1S/C13H14N2O/c1-9-2-4-10(5-3-9)13-11-6-7-14-8-12(11)16-15-13/h2-5,14H,6-8H2,1H3. The molecule has 1 aliphatic heterocycles. The van der Waals surface area contributed by atoms with Crippen molar-refractivity contribution in [2.24, 2.45) is 0 Å². The van der Waals surface area contributed by atoms with Crippen LogP contribution in [0.1, 0.15) is 16.9 Å². The van der Waals surface area contributed by atoms with E-state index < -0.39 is 0 Å². The molecule has 0 atom stereocenters. The molecule has 1 aromatic carbocycles. The lowest BCUT2D eigenvalue weighted by molar-refractivity contribution is 0.367. The van der Waals surface area contributed by atoms with Crippen molar-refractivity contribution < 1.29 is 4.52 Å². The maximum absolute atomic E-state index is 5.36. The number of benzene rings is 1. The van der Waals surface area contributed by atoms with Crippen molar-refractivity contribution in [3.8, 4) is 11.3 Å². The van der Waals surface area contributed by atoms with Gasteiger partial charge in [-0.1, -0.05) is 35.0 Å². The van der Waals surface area contributed by atoms with Crippen LogP contribution in [0.5, 0.6) is 0 Å². The number of aryl methyl sites for hydroxylation is 1. The van der Waals surface area contributed by atoms with Gasteiger partial charge < -0.3 is 9.84 Å². The highest BCUT2D eigenvalue weighted by Crippen LogP contribution is 2.27. The molecule has 3 heteroatoms. The van der Waals surface area contributed by atoms with E-state index in [0.29, 0.717) is 0 Å². The largest absolute Gasteiger partial charge is 0.359 e. The van der Waals surface area contributed by atoms with Gasteiger partial charge in [-0.05, 0) is 19.9 Å². The first-order valence-electron chi connectivity index (χ1n) is 5.60. The highest BCUT2D eigenvalue weighted by Gasteiger charge is 2.19. The summed E-state index contributed by atoms with van der Waals surface area (Å²) in [6.45, 7) is 3.90. The van der Waals surface area contributed by atoms with E-state index in [4.69, 9.17) is 4.52 Å². The van der Waals surface area contributed by atoms with E-state index in [1.165, 1.54) is 11.1 Å². The highest BCUT2D eigenvalue weighted by molar-refractivity contribution is 5.64. The van der Waals surface area contributed by atoms with Gasteiger partial charge in [-0.2, -0.15) is 0 Å². The molecule has 0 saturated carbocycles. The van der Waals surface area contributed by atoms with E-state index >= 15 is 0 Å². The molecular formula is C13H14N2O. The summed E-state index contributed by atoms with van der Waals surface area (Å²) in [4.78, 5) is 0. The van der Waals surface area contributed by atoms with Gasteiger partial charge in [-0.15, -0.1) is 0 Å². The number of nitrogens with one attached hydrogen (secondary N) is 1. The minimum atomic E-state index is 0.800. The molecule has 3 nitrogen and oxygen atoms in total. The Bertz CT molecular complexity index is 499. The first kappa shape index (κ1) is 9.60. The Morgan fingerprint density at radius 3 is 2.88 bits per heavy atom. The van der Waals surface area contributed by atoms with Crippen LogP contribution in [0, 0.1) is 6.92 Å². The molecule has 0 radical (unpaired) electrons. The normalized spacial score (nSPS) is 14.8. The third kappa shape index (κ3) is 1.53. The minimum absolute atomic E-state index is 0.800. The van der Waals surface area contributed by atoms with Crippen LogP contribution in [-0.2, 0) is 13.0 Å². The quantitative estimate of drug-likeness (QED) is 0.791. The second-order valence-electron chi connectivity index (χ2n) is 4.23. The molecule has 0 spiro atoms. The molecule has 1 N–H and O–H groups in total. The van der Waals surface area contributed by atoms with Gasteiger partial charge in [-0.25, -0.2) is 0 Å². The summed E-state index contributed by atoms with van der Waals surface area (Å²) in [6.07, 6.45) is 1.00. The SMILES string of the molecule is Cc1ccc(-c2noc3c2CCNC3)cc1. The molecule has 2 heterocycles. The summed E-state index contributed by atoms with van der Waals surface area (Å²) in [5, 5.41) is 7.46. The lowest BCUT2D eigenvalue weighted by atomic mass is 10.0. The Morgan fingerprint density at radius 2 is 2.06 bits per heavy atom. The van der Waals surface area contributed by atoms with Crippen LogP contribution in [0.25, 0.3) is 11.3 Å². The van der Waals surface area contributed by atoms with E-state index in [1.807, 2.05) is 0 Å². The van der Waals surface area contributed by atoms with Gasteiger partial charge in [0.15, 0.2) is 5.76 Å². The lowest BCUT2D eigenvalue weighted by Crippen LogP contribution is -2.22. The van der Waals surface area contributed by atoms with E-state index in [0.717, 1.165) is 36.5 Å². The summed E-state index contributed by atoms with van der Waals surface area (Å²) >= 11 is 0. The summed E-state index contributed by atoms with van der Waals surface area (Å²) in [6, 6.07) is 8.43. The van der Waals surface area contributed by atoms with Crippen LogP contribution >= 0.6 is 0 Å². The highest BCUT2D eigenvalue weighted by atomic mass is 16.5. The van der Waals surface area contributed by atoms with Crippen molar-refractivity contribution in [3.05, 3.63) is 41.2 Å². The van der Waals surface area contributed by atoms with E-state index in [9.17, 15) is 0 Å². The van der Waals surface area contributed by atoms with E-state index in [-0.39, 0.29) is 0 Å². The van der Waals surface area contributed by atoms with Crippen molar-refractivity contribution in [3.63, 3.8) is 0 Å². The van der Waals surface area contributed by atoms with Crippen LogP contribution in [0.4, 0.5) is 0 Å². The van der Waals surface area contributed by atoms with Crippen LogP contribution in [-0.4, -0.2) is 11.7 Å². The topological polar surface area (TPSA) is 38.1 Å². The molecular weight excluding hydrogens is 200 g/mol. The zero-order valence-corrected chi connectivity index (χ0v) is 9.29. The van der Waals surface area contributed by atoms with Gasteiger partial charge in [0.1, 0.15) is 5.69 Å². The average Bonchev–Trinajstić information content (AvgIpc) is 2.74. The fourth-order valence-corrected chi connectivity index (χ4v) is 2.09. The second kappa shape index (κ2) is 3.76. The Morgan fingerprint density at radius 1 is 1.25 bits per heavy atom. The molecule has 1 aliphatic rings. The van der Waals surface area contributed by atoms with E-state index in [1.54, 1.807) is 0 Å². The molecule has 0 amide bonds. The molecule has 0 saturated heterocycles. The van der Waals surface area contributed by atoms with Gasteiger partial charge >= 0.3 is 0 Å². The molecule has 0 fully saturated rings. The van der Waals surface area contributed by atoms with Crippen molar-refractivity contribution in [1.82, 2.24) is 10.5 Å². The predicted octanol–water partition coefficient (Wildman–Crippen LogP) is 2.30. The molecule has 0 unspecified atom stereocenters. The smallest absolute Gasteiger partial charge is 0.154 e. The molecule has 82 valence electrons. The second-order valence-corrected chi connectivity index (χ2v) is 4.23. The number of nitrogens with zero attached hydrogens (tertiary/aromatic N) is 1. The minimum Gasteiger partial charge on any atom is -0.359 e. The third-order valence-corrected chi connectivity index (χ3v) is 3.03. The summed E-state index contributed by atoms with van der Waals surface area (Å²) in [5.41, 5.74) is 4.69. The summed E-state index contributed by atoms with van der Waals surface area (Å²) < 4.78 is 5.36. The fraction of sp³-hybridized carbons (Fsp3) is 0.308. The summed E-state index contributed by atoms with van der Waals surface area (Å²) in [5.74, 6) is 0.988. The van der Waals surface area contributed by atoms with Gasteiger partial charge in [0.2, 0.25) is 0 Å². The Balaban J connectivity index is 2.06. The number of aromatic nitrogens is 1. The van der Waals surface area contributed by atoms with Crippen LogP contribution in [0.15, 0.2) is 28.8 Å². The zero-order valence-electron chi connectivity index (χ0n) is 9.29. The van der Waals surface area contributed by atoms with Crippen LogP contribution in [0.2, 0.25) is 0 Å². The van der Waals surface area contributed by atoms with Crippen molar-refractivity contribution in [1.29, 1.82) is 0 Å². The Labute approximate surface area is 94.5 Å². The fourth-order valence-electron chi connectivity index (χ4n) is 2.09.